The van der Waals surface area contributed by atoms with Gasteiger partial charge in [0.25, 0.3) is 0 Å². The van der Waals surface area contributed by atoms with Crippen LogP contribution < -0.4 is 0 Å². The maximum absolute atomic E-state index is 10.2. The molecule has 5 atom stereocenters. The smallest absolute Gasteiger partial charge is 0.113 e. The maximum atomic E-state index is 10.2. The molecule has 4 heteroatoms. The Labute approximate surface area is 136 Å². The molecular weight excluding hydrogens is 292 g/mol. The molecule has 0 bridgehead atoms. The Bertz CT molecular complexity index is 643. The first-order valence-electron chi connectivity index (χ1n) is 7.88. The minimum atomic E-state index is -1.21. The minimum Gasteiger partial charge on any atom is -0.388 e. The molecule has 3 rings (SSSR count). The van der Waals surface area contributed by atoms with Gasteiger partial charge in [0.15, 0.2) is 0 Å². The second kappa shape index (κ2) is 6.81. The van der Waals surface area contributed by atoms with Gasteiger partial charge in [-0.3, -0.25) is 0 Å². The summed E-state index contributed by atoms with van der Waals surface area (Å²) in [6.45, 7) is 1.70. The summed E-state index contributed by atoms with van der Waals surface area (Å²) in [6.07, 6.45) is -3.81. The number of aliphatic hydroxyl groups excluding tert-OH is 3. The fourth-order valence-corrected chi connectivity index (χ4v) is 3.04. The SMILES string of the molecule is C[C@H]1O[C@@H](c2cccc(Cc3ccccc3)c2)[C@H](O)[C@@H](O)[C@@H]1O. The van der Waals surface area contributed by atoms with Gasteiger partial charge in [0.1, 0.15) is 24.4 Å². The molecule has 2 aromatic rings. The normalized spacial score (nSPS) is 31.0. The number of hydrogen-bond acceptors (Lipinski definition) is 4. The Hall–Kier alpha value is -1.72. The van der Waals surface area contributed by atoms with Gasteiger partial charge in [0, 0.05) is 0 Å². The average Bonchev–Trinajstić information content (AvgIpc) is 2.57. The fraction of sp³-hybridized carbons (Fsp3) is 0.368. The molecule has 3 N–H and O–H groups in total. The predicted octanol–water partition coefficient (Wildman–Crippen LogP) is 1.82. The molecular formula is C19H22O4. The van der Waals surface area contributed by atoms with Crippen molar-refractivity contribution < 1.29 is 20.1 Å². The molecule has 1 aliphatic rings. The third-order valence-electron chi connectivity index (χ3n) is 4.38. The Morgan fingerprint density at radius 2 is 1.52 bits per heavy atom. The zero-order chi connectivity index (χ0) is 16.4. The van der Waals surface area contributed by atoms with Crippen LogP contribution >= 0.6 is 0 Å². The number of rotatable bonds is 3. The molecule has 0 aliphatic carbocycles. The molecule has 0 spiro atoms. The van der Waals surface area contributed by atoms with Crippen LogP contribution in [-0.2, 0) is 11.2 Å². The quantitative estimate of drug-likeness (QED) is 0.808. The zero-order valence-corrected chi connectivity index (χ0v) is 13.0. The molecule has 4 nitrogen and oxygen atoms in total. The van der Waals surface area contributed by atoms with Crippen LogP contribution in [0.15, 0.2) is 54.6 Å². The molecule has 0 unspecified atom stereocenters. The highest BCUT2D eigenvalue weighted by Gasteiger charge is 2.42. The molecule has 0 radical (unpaired) electrons. The Balaban J connectivity index is 1.82. The van der Waals surface area contributed by atoms with Crippen molar-refractivity contribution in [2.75, 3.05) is 0 Å². The van der Waals surface area contributed by atoms with E-state index >= 15 is 0 Å². The fourth-order valence-electron chi connectivity index (χ4n) is 3.04. The number of ether oxygens (including phenoxy) is 1. The van der Waals surface area contributed by atoms with Crippen LogP contribution in [0.3, 0.4) is 0 Å². The van der Waals surface area contributed by atoms with E-state index in [1.54, 1.807) is 6.92 Å². The van der Waals surface area contributed by atoms with Crippen LogP contribution in [0.25, 0.3) is 0 Å². The van der Waals surface area contributed by atoms with Gasteiger partial charge < -0.3 is 20.1 Å². The topological polar surface area (TPSA) is 69.9 Å². The van der Waals surface area contributed by atoms with Crippen LogP contribution in [0, 0.1) is 0 Å². The number of hydrogen-bond donors (Lipinski definition) is 3. The molecule has 2 aromatic carbocycles. The first-order chi connectivity index (χ1) is 11.1. The van der Waals surface area contributed by atoms with Crippen molar-refractivity contribution in [3.8, 4) is 0 Å². The van der Waals surface area contributed by atoms with Crippen molar-refractivity contribution in [2.45, 2.75) is 43.9 Å². The van der Waals surface area contributed by atoms with Crippen LogP contribution in [0.5, 0.6) is 0 Å². The largest absolute Gasteiger partial charge is 0.388 e. The number of aliphatic hydroxyl groups is 3. The van der Waals surface area contributed by atoms with E-state index in [0.29, 0.717) is 0 Å². The minimum absolute atomic E-state index is 0.531. The molecule has 1 aliphatic heterocycles. The van der Waals surface area contributed by atoms with E-state index < -0.39 is 30.5 Å². The Morgan fingerprint density at radius 1 is 0.826 bits per heavy atom. The van der Waals surface area contributed by atoms with Gasteiger partial charge >= 0.3 is 0 Å². The van der Waals surface area contributed by atoms with Crippen LogP contribution in [0.4, 0.5) is 0 Å². The first-order valence-corrected chi connectivity index (χ1v) is 7.88. The van der Waals surface area contributed by atoms with Crippen molar-refractivity contribution in [3.63, 3.8) is 0 Å². The number of benzene rings is 2. The summed E-state index contributed by atoms with van der Waals surface area (Å²) in [5, 5.41) is 30.0. The van der Waals surface area contributed by atoms with Crippen molar-refractivity contribution in [2.24, 2.45) is 0 Å². The monoisotopic (exact) mass is 314 g/mol. The van der Waals surface area contributed by atoms with E-state index in [1.165, 1.54) is 5.56 Å². The highest BCUT2D eigenvalue weighted by atomic mass is 16.5. The lowest BCUT2D eigenvalue weighted by molar-refractivity contribution is -0.219. The van der Waals surface area contributed by atoms with E-state index in [1.807, 2.05) is 42.5 Å². The molecule has 23 heavy (non-hydrogen) atoms. The summed E-state index contributed by atoms with van der Waals surface area (Å²) in [5.74, 6) is 0. The maximum Gasteiger partial charge on any atom is 0.113 e. The molecule has 1 heterocycles. The lowest BCUT2D eigenvalue weighted by atomic mass is 9.90. The van der Waals surface area contributed by atoms with Gasteiger partial charge in [-0.25, -0.2) is 0 Å². The summed E-state index contributed by atoms with van der Waals surface area (Å²) in [5.41, 5.74) is 3.13. The highest BCUT2D eigenvalue weighted by molar-refractivity contribution is 5.31. The average molecular weight is 314 g/mol. The standard InChI is InChI=1S/C19H22O4/c1-12-16(20)17(21)18(22)19(23-12)15-9-5-8-14(11-15)10-13-6-3-2-4-7-13/h2-9,11-12,16-22H,10H2,1H3/t12-,16-,17+,18-,19+/m1/s1. The first kappa shape index (κ1) is 16.1. The summed E-state index contributed by atoms with van der Waals surface area (Å²) in [7, 11) is 0. The van der Waals surface area contributed by atoms with Gasteiger partial charge in [0.05, 0.1) is 6.10 Å². The van der Waals surface area contributed by atoms with E-state index in [-0.39, 0.29) is 0 Å². The van der Waals surface area contributed by atoms with E-state index in [4.69, 9.17) is 4.74 Å². The van der Waals surface area contributed by atoms with Gasteiger partial charge in [-0.1, -0.05) is 54.6 Å². The molecule has 122 valence electrons. The summed E-state index contributed by atoms with van der Waals surface area (Å²) < 4.78 is 5.71. The van der Waals surface area contributed by atoms with Crippen molar-refractivity contribution in [3.05, 3.63) is 71.3 Å². The summed E-state index contributed by atoms with van der Waals surface area (Å²) in [6, 6.07) is 17.9. The molecule has 1 saturated heterocycles. The third kappa shape index (κ3) is 3.46. The van der Waals surface area contributed by atoms with Gasteiger partial charge in [-0.2, -0.15) is 0 Å². The van der Waals surface area contributed by atoms with Gasteiger partial charge in [-0.15, -0.1) is 0 Å². The highest BCUT2D eigenvalue weighted by Crippen LogP contribution is 2.32. The lowest BCUT2D eigenvalue weighted by Gasteiger charge is -2.39. The van der Waals surface area contributed by atoms with Crippen molar-refractivity contribution in [1.29, 1.82) is 0 Å². The second-order valence-corrected chi connectivity index (χ2v) is 6.14. The Kier molecular flexibility index (Phi) is 4.78. The second-order valence-electron chi connectivity index (χ2n) is 6.14. The summed E-state index contributed by atoms with van der Waals surface area (Å²) in [4.78, 5) is 0. The molecule has 0 saturated carbocycles. The van der Waals surface area contributed by atoms with Gasteiger partial charge in [-0.05, 0) is 30.0 Å². The lowest BCUT2D eigenvalue weighted by Crippen LogP contribution is -2.53. The van der Waals surface area contributed by atoms with Crippen molar-refractivity contribution in [1.82, 2.24) is 0 Å². The Morgan fingerprint density at radius 3 is 2.26 bits per heavy atom. The molecule has 0 aromatic heterocycles. The van der Waals surface area contributed by atoms with E-state index in [2.05, 4.69) is 12.1 Å². The van der Waals surface area contributed by atoms with Crippen LogP contribution in [0.2, 0.25) is 0 Å². The van der Waals surface area contributed by atoms with Gasteiger partial charge in [0.2, 0.25) is 0 Å². The molecule has 0 amide bonds. The zero-order valence-electron chi connectivity index (χ0n) is 13.0. The van der Waals surface area contributed by atoms with Crippen molar-refractivity contribution >= 4 is 0 Å². The van der Waals surface area contributed by atoms with E-state index in [0.717, 1.165) is 17.5 Å². The van der Waals surface area contributed by atoms with E-state index in [9.17, 15) is 15.3 Å². The van der Waals surface area contributed by atoms with Crippen LogP contribution in [0.1, 0.15) is 29.7 Å². The third-order valence-corrected chi connectivity index (χ3v) is 4.38. The molecule has 1 fully saturated rings. The predicted molar refractivity (Wildman–Crippen MR) is 87.0 cm³/mol. The summed E-state index contributed by atoms with van der Waals surface area (Å²) >= 11 is 0. The van der Waals surface area contributed by atoms with Crippen LogP contribution in [-0.4, -0.2) is 39.7 Å².